The maximum Gasteiger partial charge on any atom is 0.300 e. The van der Waals surface area contributed by atoms with E-state index in [0.717, 1.165) is 12.0 Å². The second kappa shape index (κ2) is 11.3. The first-order valence-electron chi connectivity index (χ1n) is 12.7. The number of methoxy groups -OCH3 is 1. The monoisotopic (exact) mass is 567 g/mol. The Bertz CT molecular complexity index is 1440. The van der Waals surface area contributed by atoms with E-state index < -0.39 is 23.5 Å². The van der Waals surface area contributed by atoms with Crippen molar-refractivity contribution in [1.82, 2.24) is 0 Å². The number of anilines is 1. The first-order chi connectivity index (χ1) is 18.5. The lowest BCUT2D eigenvalue weighted by molar-refractivity contribution is -0.132. The molecule has 3 aromatic carbocycles. The molecule has 6 nitrogen and oxygen atoms in total. The van der Waals surface area contributed by atoms with E-state index in [1.165, 1.54) is 24.1 Å². The topological polar surface area (TPSA) is 76.1 Å². The molecule has 8 heteroatoms. The van der Waals surface area contributed by atoms with Crippen molar-refractivity contribution < 1.29 is 24.2 Å². The first kappa shape index (κ1) is 28.5. The lowest BCUT2D eigenvalue weighted by Gasteiger charge is -2.28. The number of hydrogen-bond donors (Lipinski definition) is 1. The smallest absolute Gasteiger partial charge is 0.300 e. The minimum absolute atomic E-state index is 0.105. The molecule has 1 heterocycles. The van der Waals surface area contributed by atoms with Crippen LogP contribution in [0.25, 0.3) is 5.76 Å². The molecule has 1 aliphatic heterocycles. The molecule has 39 heavy (non-hydrogen) atoms. The Morgan fingerprint density at radius 2 is 1.69 bits per heavy atom. The first-order valence-corrected chi connectivity index (χ1v) is 13.4. The molecule has 0 aliphatic carbocycles. The van der Waals surface area contributed by atoms with Gasteiger partial charge in [0.2, 0.25) is 0 Å². The minimum atomic E-state index is -0.951. The average Bonchev–Trinajstić information content (AvgIpc) is 3.16. The van der Waals surface area contributed by atoms with Crippen molar-refractivity contribution in [1.29, 1.82) is 0 Å². The SMILES string of the molecule is CCCOc1ccccc1N1C(=O)C(=O)/C(=C(/O)c2cc(Cl)cc(Cl)c2OC)C1c1ccc(C(C)(C)C)cc1. The van der Waals surface area contributed by atoms with E-state index in [2.05, 4.69) is 20.8 Å². The number of ether oxygens (including phenoxy) is 2. The highest BCUT2D eigenvalue weighted by atomic mass is 35.5. The van der Waals surface area contributed by atoms with Gasteiger partial charge in [-0.25, -0.2) is 0 Å². The number of carbonyl (C=O) groups excluding carboxylic acids is 2. The van der Waals surface area contributed by atoms with E-state index >= 15 is 0 Å². The molecule has 0 spiro atoms. The van der Waals surface area contributed by atoms with Gasteiger partial charge in [0.25, 0.3) is 11.7 Å². The largest absolute Gasteiger partial charge is 0.507 e. The van der Waals surface area contributed by atoms with Crippen LogP contribution in [0.5, 0.6) is 11.5 Å². The van der Waals surface area contributed by atoms with Crippen LogP contribution in [0.3, 0.4) is 0 Å². The van der Waals surface area contributed by atoms with Gasteiger partial charge in [0, 0.05) is 5.02 Å². The average molecular weight is 568 g/mol. The fourth-order valence-electron chi connectivity index (χ4n) is 4.64. The highest BCUT2D eigenvalue weighted by molar-refractivity contribution is 6.52. The highest BCUT2D eigenvalue weighted by Gasteiger charge is 2.48. The Kier molecular flexibility index (Phi) is 8.28. The molecule has 1 amide bonds. The summed E-state index contributed by atoms with van der Waals surface area (Å²) in [6.45, 7) is 8.72. The second-order valence-corrected chi connectivity index (χ2v) is 11.2. The van der Waals surface area contributed by atoms with Gasteiger partial charge in [-0.3, -0.25) is 14.5 Å². The molecule has 3 aromatic rings. The summed E-state index contributed by atoms with van der Waals surface area (Å²) in [5.74, 6) is -1.48. The Hall–Kier alpha value is -3.48. The van der Waals surface area contributed by atoms with E-state index in [1.807, 2.05) is 31.2 Å². The number of nitrogens with zero attached hydrogens (tertiary/aromatic N) is 1. The van der Waals surface area contributed by atoms with Gasteiger partial charge in [-0.15, -0.1) is 0 Å². The van der Waals surface area contributed by atoms with Crippen LogP contribution in [0.1, 0.15) is 56.8 Å². The van der Waals surface area contributed by atoms with Crippen molar-refractivity contribution in [2.24, 2.45) is 0 Å². The van der Waals surface area contributed by atoms with Gasteiger partial charge < -0.3 is 14.6 Å². The van der Waals surface area contributed by atoms with Gasteiger partial charge in [-0.05, 0) is 47.2 Å². The number of Topliss-reactive ketones (excluding diaryl/α,β-unsaturated/α-hetero) is 1. The zero-order valence-electron chi connectivity index (χ0n) is 22.5. The summed E-state index contributed by atoms with van der Waals surface area (Å²) in [7, 11) is 1.40. The number of benzene rings is 3. The molecule has 0 saturated carbocycles. The van der Waals surface area contributed by atoms with Crippen molar-refractivity contribution in [3.63, 3.8) is 0 Å². The third-order valence-corrected chi connectivity index (χ3v) is 7.09. The maximum absolute atomic E-state index is 13.7. The van der Waals surface area contributed by atoms with Crippen molar-refractivity contribution in [2.75, 3.05) is 18.6 Å². The summed E-state index contributed by atoms with van der Waals surface area (Å²) in [4.78, 5) is 28.7. The van der Waals surface area contributed by atoms with Gasteiger partial charge >= 0.3 is 0 Å². The van der Waals surface area contributed by atoms with E-state index in [1.54, 1.807) is 24.3 Å². The van der Waals surface area contributed by atoms with Crippen molar-refractivity contribution in [3.8, 4) is 11.5 Å². The summed E-state index contributed by atoms with van der Waals surface area (Å²) in [6, 6.07) is 16.7. The van der Waals surface area contributed by atoms with Gasteiger partial charge in [0.1, 0.15) is 17.3 Å². The molecular weight excluding hydrogens is 537 g/mol. The van der Waals surface area contributed by atoms with Gasteiger partial charge in [-0.1, -0.05) is 87.3 Å². The summed E-state index contributed by atoms with van der Waals surface area (Å²) >= 11 is 12.6. The third-order valence-electron chi connectivity index (χ3n) is 6.59. The summed E-state index contributed by atoms with van der Waals surface area (Å²) < 4.78 is 11.4. The molecule has 1 atom stereocenters. The molecule has 1 unspecified atom stereocenters. The van der Waals surface area contributed by atoms with Crippen molar-refractivity contribution in [2.45, 2.75) is 45.6 Å². The van der Waals surface area contributed by atoms with Crippen molar-refractivity contribution >= 4 is 46.3 Å². The number of aliphatic hydroxyl groups excluding tert-OH is 1. The molecule has 4 rings (SSSR count). The van der Waals surface area contributed by atoms with Gasteiger partial charge in [0.05, 0.1) is 41.6 Å². The standard InChI is InChI=1S/C31H31Cl2NO5/c1-6-15-39-24-10-8-7-9-23(24)34-26(18-11-13-19(14-12-18)31(2,3)4)25(28(36)30(34)37)27(35)21-16-20(32)17-22(33)29(21)38-5/h7-14,16-17,26,35H,6,15H2,1-5H3/b27-25+. The van der Waals surface area contributed by atoms with Gasteiger partial charge in [0.15, 0.2) is 0 Å². The van der Waals surface area contributed by atoms with Crippen LogP contribution in [0.15, 0.2) is 66.2 Å². The minimum Gasteiger partial charge on any atom is -0.507 e. The van der Waals surface area contributed by atoms with Crippen LogP contribution >= 0.6 is 23.2 Å². The fourth-order valence-corrected chi connectivity index (χ4v) is 5.21. The van der Waals surface area contributed by atoms with Crippen molar-refractivity contribution in [3.05, 3.63) is 93.0 Å². The van der Waals surface area contributed by atoms with E-state index in [4.69, 9.17) is 32.7 Å². The van der Waals surface area contributed by atoms with Crippen LogP contribution in [0.2, 0.25) is 10.0 Å². The molecular formula is C31H31Cl2NO5. The van der Waals surface area contributed by atoms with E-state index in [-0.39, 0.29) is 32.3 Å². The Morgan fingerprint density at radius 1 is 1.03 bits per heavy atom. The number of aliphatic hydroxyl groups is 1. The number of halogens is 2. The zero-order chi connectivity index (χ0) is 28.5. The normalized spacial score (nSPS) is 17.0. The predicted molar refractivity (Wildman–Crippen MR) is 155 cm³/mol. The lowest BCUT2D eigenvalue weighted by atomic mass is 9.85. The van der Waals surface area contributed by atoms with E-state index in [0.29, 0.717) is 23.6 Å². The van der Waals surface area contributed by atoms with Crippen LogP contribution < -0.4 is 14.4 Å². The third kappa shape index (κ3) is 5.49. The lowest BCUT2D eigenvalue weighted by Crippen LogP contribution is -2.30. The molecule has 0 bridgehead atoms. The molecule has 0 aromatic heterocycles. The highest BCUT2D eigenvalue weighted by Crippen LogP contribution is 2.47. The number of para-hydroxylation sites is 2. The van der Waals surface area contributed by atoms with Gasteiger partial charge in [-0.2, -0.15) is 0 Å². The Morgan fingerprint density at radius 3 is 2.31 bits per heavy atom. The summed E-state index contributed by atoms with van der Waals surface area (Å²) in [6.07, 6.45) is 0.764. The quantitative estimate of drug-likeness (QED) is 0.180. The number of amides is 1. The van der Waals surface area contributed by atoms with Crippen LogP contribution in [-0.4, -0.2) is 30.5 Å². The molecule has 1 saturated heterocycles. The molecule has 204 valence electrons. The fraction of sp³-hybridized carbons (Fsp3) is 0.290. The maximum atomic E-state index is 13.7. The number of hydrogen-bond acceptors (Lipinski definition) is 5. The summed E-state index contributed by atoms with van der Waals surface area (Å²) in [5, 5.41) is 12.0. The van der Waals surface area contributed by atoms with Crippen LogP contribution in [-0.2, 0) is 15.0 Å². The van der Waals surface area contributed by atoms with E-state index in [9.17, 15) is 14.7 Å². The molecule has 0 radical (unpaired) electrons. The Balaban J connectivity index is 2.00. The van der Waals surface area contributed by atoms with Crippen LogP contribution in [0.4, 0.5) is 5.69 Å². The van der Waals surface area contributed by atoms with Crippen LogP contribution in [0, 0.1) is 0 Å². The second-order valence-electron chi connectivity index (χ2n) is 10.3. The molecule has 1 N–H and O–H groups in total. The predicted octanol–water partition coefficient (Wildman–Crippen LogP) is 7.71. The Labute approximate surface area is 238 Å². The number of rotatable bonds is 7. The summed E-state index contributed by atoms with van der Waals surface area (Å²) in [5.41, 5.74) is 2.05. The zero-order valence-corrected chi connectivity index (χ0v) is 24.1. The molecule has 1 aliphatic rings. The number of ketones is 1. The molecule has 1 fully saturated rings. The number of carbonyl (C=O) groups is 2.